The van der Waals surface area contributed by atoms with Crippen molar-refractivity contribution < 1.29 is 14.3 Å². The first-order chi connectivity index (χ1) is 6.17. The van der Waals surface area contributed by atoms with Gasteiger partial charge in [-0.25, -0.2) is 0 Å². The van der Waals surface area contributed by atoms with Crippen molar-refractivity contribution in [2.24, 2.45) is 5.41 Å². The summed E-state index contributed by atoms with van der Waals surface area (Å²) >= 11 is 0. The Morgan fingerprint density at radius 1 is 1.77 bits per heavy atom. The summed E-state index contributed by atoms with van der Waals surface area (Å²) < 4.78 is 4.65. The zero-order valence-corrected chi connectivity index (χ0v) is 7.84. The number of Topliss-reactive ketones (excluding diaryl/α,β-unsaturated/α-hetero) is 1. The molecule has 0 aromatic rings. The summed E-state index contributed by atoms with van der Waals surface area (Å²) in [6, 6.07) is 0. The van der Waals surface area contributed by atoms with Gasteiger partial charge >= 0.3 is 5.97 Å². The first-order valence-corrected chi connectivity index (χ1v) is 4.40. The molecule has 13 heavy (non-hydrogen) atoms. The number of ether oxygens (including phenoxy) is 1. The van der Waals surface area contributed by atoms with Crippen molar-refractivity contribution in [3.8, 4) is 0 Å². The van der Waals surface area contributed by atoms with Crippen LogP contribution in [0, 0.1) is 5.41 Å². The van der Waals surface area contributed by atoms with E-state index in [9.17, 15) is 9.59 Å². The van der Waals surface area contributed by atoms with Gasteiger partial charge in [-0.3, -0.25) is 9.59 Å². The number of ketones is 1. The van der Waals surface area contributed by atoms with Gasteiger partial charge in [-0.2, -0.15) is 0 Å². The van der Waals surface area contributed by atoms with Gasteiger partial charge in [0.15, 0.2) is 5.78 Å². The van der Waals surface area contributed by atoms with Crippen LogP contribution in [-0.2, 0) is 14.3 Å². The first-order valence-electron chi connectivity index (χ1n) is 4.40. The van der Waals surface area contributed by atoms with E-state index in [1.165, 1.54) is 7.11 Å². The topological polar surface area (TPSA) is 43.4 Å². The molecule has 3 nitrogen and oxygen atoms in total. The normalized spacial score (nSPS) is 27.3. The predicted octanol–water partition coefficient (Wildman–Crippen LogP) is 1.47. The van der Waals surface area contributed by atoms with Crippen molar-refractivity contribution in [3.05, 3.63) is 12.7 Å². The zero-order valence-electron chi connectivity index (χ0n) is 7.84. The largest absolute Gasteiger partial charge is 0.468 e. The SMILES string of the molecule is C=CCC1(C(=O)OC)CCCC1=O. The number of hydrogen-bond acceptors (Lipinski definition) is 3. The molecule has 0 N–H and O–H groups in total. The van der Waals surface area contributed by atoms with Crippen molar-refractivity contribution in [2.45, 2.75) is 25.7 Å². The van der Waals surface area contributed by atoms with E-state index >= 15 is 0 Å². The standard InChI is InChI=1S/C10H14O3/c1-3-6-10(9(12)13-2)7-4-5-8(10)11/h3H,1,4-7H2,2H3. The molecule has 0 radical (unpaired) electrons. The van der Waals surface area contributed by atoms with E-state index in [2.05, 4.69) is 11.3 Å². The molecule has 0 aromatic heterocycles. The predicted molar refractivity (Wildman–Crippen MR) is 48.1 cm³/mol. The Morgan fingerprint density at radius 3 is 2.85 bits per heavy atom. The van der Waals surface area contributed by atoms with Gasteiger partial charge in [-0.1, -0.05) is 6.08 Å². The van der Waals surface area contributed by atoms with E-state index in [1.54, 1.807) is 6.08 Å². The molecule has 0 aliphatic heterocycles. The lowest BCUT2D eigenvalue weighted by Crippen LogP contribution is -2.35. The third-order valence-electron chi connectivity index (χ3n) is 2.61. The molecule has 72 valence electrons. The fraction of sp³-hybridized carbons (Fsp3) is 0.600. The lowest BCUT2D eigenvalue weighted by Gasteiger charge is -2.22. The highest BCUT2D eigenvalue weighted by Gasteiger charge is 2.48. The van der Waals surface area contributed by atoms with Crippen LogP contribution in [0.5, 0.6) is 0 Å². The molecule has 1 aliphatic carbocycles. The molecule has 1 saturated carbocycles. The molecule has 0 bridgehead atoms. The van der Waals surface area contributed by atoms with Gasteiger partial charge in [0.05, 0.1) is 7.11 Å². The van der Waals surface area contributed by atoms with Crippen molar-refractivity contribution in [1.29, 1.82) is 0 Å². The minimum atomic E-state index is -0.906. The molecule has 1 unspecified atom stereocenters. The van der Waals surface area contributed by atoms with Crippen LogP contribution in [0.1, 0.15) is 25.7 Å². The second-order valence-corrected chi connectivity index (χ2v) is 3.34. The highest BCUT2D eigenvalue weighted by Crippen LogP contribution is 2.39. The summed E-state index contributed by atoms with van der Waals surface area (Å²) in [5.41, 5.74) is -0.906. The summed E-state index contributed by atoms with van der Waals surface area (Å²) in [6.45, 7) is 3.56. The van der Waals surface area contributed by atoms with Crippen molar-refractivity contribution in [1.82, 2.24) is 0 Å². The summed E-state index contributed by atoms with van der Waals surface area (Å²) in [5, 5.41) is 0. The molecule has 1 atom stereocenters. The molecular weight excluding hydrogens is 168 g/mol. The van der Waals surface area contributed by atoms with Gasteiger partial charge < -0.3 is 4.74 Å². The van der Waals surface area contributed by atoms with Gasteiger partial charge in [-0.05, 0) is 19.3 Å². The number of carbonyl (C=O) groups is 2. The third-order valence-corrected chi connectivity index (χ3v) is 2.61. The van der Waals surface area contributed by atoms with E-state index in [0.29, 0.717) is 19.3 Å². The molecule has 1 rings (SSSR count). The molecule has 1 fully saturated rings. The number of allylic oxidation sites excluding steroid dienone is 1. The Kier molecular flexibility index (Phi) is 2.86. The Labute approximate surface area is 77.8 Å². The molecule has 0 aromatic carbocycles. The van der Waals surface area contributed by atoms with Crippen molar-refractivity contribution >= 4 is 11.8 Å². The number of methoxy groups -OCH3 is 1. The maximum Gasteiger partial charge on any atom is 0.319 e. The van der Waals surface area contributed by atoms with Crippen LogP contribution in [0.25, 0.3) is 0 Å². The number of hydrogen-bond donors (Lipinski definition) is 0. The molecule has 1 aliphatic rings. The lowest BCUT2D eigenvalue weighted by atomic mass is 9.82. The summed E-state index contributed by atoms with van der Waals surface area (Å²) in [7, 11) is 1.32. The average molecular weight is 182 g/mol. The van der Waals surface area contributed by atoms with Crippen LogP contribution < -0.4 is 0 Å². The maximum absolute atomic E-state index is 11.5. The van der Waals surface area contributed by atoms with E-state index in [4.69, 9.17) is 0 Å². The highest BCUT2D eigenvalue weighted by molar-refractivity contribution is 6.05. The summed E-state index contributed by atoms with van der Waals surface area (Å²) in [5.74, 6) is -0.408. The monoisotopic (exact) mass is 182 g/mol. The van der Waals surface area contributed by atoms with Gasteiger partial charge in [0.1, 0.15) is 5.41 Å². The van der Waals surface area contributed by atoms with Gasteiger partial charge in [0.25, 0.3) is 0 Å². The Balaban J connectivity index is 2.92. The lowest BCUT2D eigenvalue weighted by molar-refractivity contribution is -0.156. The smallest absolute Gasteiger partial charge is 0.319 e. The molecule has 0 amide bonds. The van der Waals surface area contributed by atoms with Crippen molar-refractivity contribution in [2.75, 3.05) is 7.11 Å². The van der Waals surface area contributed by atoms with Crippen LogP contribution in [0.4, 0.5) is 0 Å². The Bertz CT molecular complexity index is 245. The molecule has 3 heteroatoms. The summed E-state index contributed by atoms with van der Waals surface area (Å²) in [6.07, 6.45) is 3.88. The van der Waals surface area contributed by atoms with E-state index < -0.39 is 11.4 Å². The number of esters is 1. The van der Waals surface area contributed by atoms with E-state index in [0.717, 1.165) is 6.42 Å². The number of rotatable bonds is 3. The quantitative estimate of drug-likeness (QED) is 0.377. The van der Waals surface area contributed by atoms with Crippen LogP contribution in [0.2, 0.25) is 0 Å². The Hall–Kier alpha value is -1.12. The minimum Gasteiger partial charge on any atom is -0.468 e. The first kappa shape index (κ1) is 9.96. The fourth-order valence-electron chi connectivity index (χ4n) is 1.89. The second-order valence-electron chi connectivity index (χ2n) is 3.34. The second kappa shape index (κ2) is 3.73. The fourth-order valence-corrected chi connectivity index (χ4v) is 1.89. The van der Waals surface area contributed by atoms with Gasteiger partial charge in [0, 0.05) is 6.42 Å². The summed E-state index contributed by atoms with van der Waals surface area (Å²) in [4.78, 5) is 23.0. The van der Waals surface area contributed by atoms with Crippen LogP contribution in [0.3, 0.4) is 0 Å². The molecular formula is C10H14O3. The molecule has 0 spiro atoms. The van der Waals surface area contributed by atoms with Gasteiger partial charge in [0.2, 0.25) is 0 Å². The van der Waals surface area contributed by atoms with Crippen LogP contribution in [0.15, 0.2) is 12.7 Å². The Morgan fingerprint density at radius 2 is 2.46 bits per heavy atom. The number of carbonyl (C=O) groups excluding carboxylic acids is 2. The highest BCUT2D eigenvalue weighted by atomic mass is 16.5. The molecule has 0 saturated heterocycles. The van der Waals surface area contributed by atoms with Crippen molar-refractivity contribution in [3.63, 3.8) is 0 Å². The zero-order chi connectivity index (χ0) is 9.90. The molecule has 0 heterocycles. The van der Waals surface area contributed by atoms with Crippen LogP contribution in [-0.4, -0.2) is 18.9 Å². The van der Waals surface area contributed by atoms with E-state index in [1.807, 2.05) is 0 Å². The van der Waals surface area contributed by atoms with Gasteiger partial charge in [-0.15, -0.1) is 6.58 Å². The van der Waals surface area contributed by atoms with Crippen LogP contribution >= 0.6 is 0 Å². The minimum absolute atomic E-state index is 0.000694. The third kappa shape index (κ3) is 1.50. The average Bonchev–Trinajstić information content (AvgIpc) is 2.48. The maximum atomic E-state index is 11.5. The van der Waals surface area contributed by atoms with E-state index in [-0.39, 0.29) is 5.78 Å².